The predicted molar refractivity (Wildman–Crippen MR) is 94.9 cm³/mol. The van der Waals surface area contributed by atoms with Gasteiger partial charge in [-0.2, -0.15) is 0 Å². The molecule has 0 N–H and O–H groups in total. The second kappa shape index (κ2) is 6.51. The number of amides is 1. The molecule has 5 nitrogen and oxygen atoms in total. The average molecular weight is 342 g/mol. The first-order chi connectivity index (χ1) is 11.7. The number of carbonyl (C=O) groups is 1. The van der Waals surface area contributed by atoms with Crippen molar-refractivity contribution in [3.8, 4) is 0 Å². The first kappa shape index (κ1) is 15.6. The van der Waals surface area contributed by atoms with Crippen LogP contribution in [0.15, 0.2) is 36.0 Å². The van der Waals surface area contributed by atoms with Crippen LogP contribution < -0.4 is 4.90 Å². The van der Waals surface area contributed by atoms with E-state index in [1.807, 2.05) is 34.7 Å². The van der Waals surface area contributed by atoms with E-state index in [4.69, 9.17) is 0 Å². The minimum Gasteiger partial charge on any atom is -0.347 e. The molecule has 0 saturated carbocycles. The molecule has 2 aliphatic rings. The number of hydrogen-bond donors (Lipinski definition) is 0. The summed E-state index contributed by atoms with van der Waals surface area (Å²) in [6, 6.07) is 5.89. The standard InChI is InChI=1S/C18H22N4OS/c23-16-5-7-18(14-22(16)12-15-4-1-2-8-19-15)6-3-10-21(13-18)17-20-9-11-24-17/h1-2,4,8-9,11H,3,5-7,10,12-14H2/t18-/m0/s1. The molecule has 4 rings (SSSR count). The SMILES string of the molecule is O=C1CC[C@]2(CCCN(c3nccs3)C2)CN1Cc1ccccn1. The molecule has 6 heteroatoms. The van der Waals surface area contributed by atoms with E-state index in [-0.39, 0.29) is 11.3 Å². The molecule has 1 amide bonds. The molecular formula is C18H22N4OS. The van der Waals surface area contributed by atoms with Gasteiger partial charge >= 0.3 is 0 Å². The third kappa shape index (κ3) is 3.15. The zero-order chi connectivity index (χ0) is 16.4. The van der Waals surface area contributed by atoms with Gasteiger partial charge in [0.15, 0.2) is 5.13 Å². The molecule has 1 atom stereocenters. The maximum absolute atomic E-state index is 12.4. The van der Waals surface area contributed by atoms with Crippen molar-refractivity contribution in [2.24, 2.45) is 5.41 Å². The Morgan fingerprint density at radius 1 is 1.17 bits per heavy atom. The smallest absolute Gasteiger partial charge is 0.222 e. The van der Waals surface area contributed by atoms with Crippen LogP contribution in [0.2, 0.25) is 0 Å². The summed E-state index contributed by atoms with van der Waals surface area (Å²) in [6.07, 6.45) is 7.68. The maximum Gasteiger partial charge on any atom is 0.222 e. The Labute approximate surface area is 146 Å². The lowest BCUT2D eigenvalue weighted by Crippen LogP contribution is -2.53. The molecule has 2 fully saturated rings. The van der Waals surface area contributed by atoms with Crippen LogP contribution >= 0.6 is 11.3 Å². The van der Waals surface area contributed by atoms with Gasteiger partial charge in [0, 0.05) is 49.2 Å². The highest BCUT2D eigenvalue weighted by atomic mass is 32.1. The lowest BCUT2D eigenvalue weighted by atomic mass is 9.73. The summed E-state index contributed by atoms with van der Waals surface area (Å²) < 4.78 is 0. The van der Waals surface area contributed by atoms with Gasteiger partial charge in [0.05, 0.1) is 12.2 Å². The van der Waals surface area contributed by atoms with E-state index >= 15 is 0 Å². The summed E-state index contributed by atoms with van der Waals surface area (Å²) >= 11 is 1.71. The summed E-state index contributed by atoms with van der Waals surface area (Å²) in [5.74, 6) is 0.262. The molecule has 0 bridgehead atoms. The van der Waals surface area contributed by atoms with Crippen LogP contribution in [-0.2, 0) is 11.3 Å². The molecule has 24 heavy (non-hydrogen) atoms. The topological polar surface area (TPSA) is 49.3 Å². The van der Waals surface area contributed by atoms with Crippen LogP contribution in [0.3, 0.4) is 0 Å². The quantitative estimate of drug-likeness (QED) is 0.860. The molecule has 4 heterocycles. The van der Waals surface area contributed by atoms with Crippen LogP contribution in [0.5, 0.6) is 0 Å². The number of likely N-dealkylation sites (tertiary alicyclic amines) is 1. The lowest BCUT2D eigenvalue weighted by Gasteiger charge is -2.48. The van der Waals surface area contributed by atoms with Crippen molar-refractivity contribution in [1.29, 1.82) is 0 Å². The van der Waals surface area contributed by atoms with Gasteiger partial charge in [-0.3, -0.25) is 9.78 Å². The number of rotatable bonds is 3. The van der Waals surface area contributed by atoms with Gasteiger partial charge in [-0.1, -0.05) is 6.07 Å². The Balaban J connectivity index is 1.49. The third-order valence-electron chi connectivity index (χ3n) is 5.18. The van der Waals surface area contributed by atoms with Crippen molar-refractivity contribution in [2.75, 3.05) is 24.5 Å². The van der Waals surface area contributed by atoms with Crippen molar-refractivity contribution < 1.29 is 4.79 Å². The molecule has 2 aromatic rings. The highest BCUT2D eigenvalue weighted by Gasteiger charge is 2.42. The Morgan fingerprint density at radius 3 is 2.92 bits per heavy atom. The van der Waals surface area contributed by atoms with Crippen LogP contribution in [0.4, 0.5) is 5.13 Å². The van der Waals surface area contributed by atoms with E-state index in [2.05, 4.69) is 14.9 Å². The zero-order valence-electron chi connectivity index (χ0n) is 13.7. The Kier molecular flexibility index (Phi) is 4.22. The number of thiazole rings is 1. The largest absolute Gasteiger partial charge is 0.347 e. The number of pyridine rings is 1. The van der Waals surface area contributed by atoms with E-state index in [1.165, 1.54) is 12.8 Å². The van der Waals surface area contributed by atoms with Crippen LogP contribution in [0.1, 0.15) is 31.4 Å². The molecule has 0 aromatic carbocycles. The predicted octanol–water partition coefficient (Wildman–Crippen LogP) is 2.95. The molecule has 2 aliphatic heterocycles. The highest BCUT2D eigenvalue weighted by molar-refractivity contribution is 7.13. The van der Waals surface area contributed by atoms with Crippen molar-refractivity contribution in [2.45, 2.75) is 32.2 Å². The number of anilines is 1. The second-order valence-corrected chi connectivity index (χ2v) is 7.78. The van der Waals surface area contributed by atoms with E-state index in [9.17, 15) is 4.79 Å². The van der Waals surface area contributed by atoms with Crippen LogP contribution in [0.25, 0.3) is 0 Å². The van der Waals surface area contributed by atoms with Gasteiger partial charge in [0.25, 0.3) is 0 Å². The molecule has 2 saturated heterocycles. The van der Waals surface area contributed by atoms with Crippen LogP contribution in [0, 0.1) is 5.41 Å². The fraction of sp³-hybridized carbons (Fsp3) is 0.500. The van der Waals surface area contributed by atoms with E-state index in [0.717, 1.165) is 36.9 Å². The number of aromatic nitrogens is 2. The zero-order valence-corrected chi connectivity index (χ0v) is 14.5. The van der Waals surface area contributed by atoms with Gasteiger partial charge in [0.1, 0.15) is 0 Å². The first-order valence-electron chi connectivity index (χ1n) is 8.56. The summed E-state index contributed by atoms with van der Waals surface area (Å²) in [5.41, 5.74) is 1.17. The summed E-state index contributed by atoms with van der Waals surface area (Å²) in [7, 11) is 0. The molecule has 126 valence electrons. The Morgan fingerprint density at radius 2 is 2.12 bits per heavy atom. The molecule has 0 radical (unpaired) electrons. The number of hydrogen-bond acceptors (Lipinski definition) is 5. The molecule has 0 unspecified atom stereocenters. The van der Waals surface area contributed by atoms with Crippen molar-refractivity contribution in [3.63, 3.8) is 0 Å². The third-order valence-corrected chi connectivity index (χ3v) is 6.01. The van der Waals surface area contributed by atoms with E-state index in [0.29, 0.717) is 13.0 Å². The highest BCUT2D eigenvalue weighted by Crippen LogP contribution is 2.40. The van der Waals surface area contributed by atoms with Gasteiger partial charge in [0.2, 0.25) is 5.91 Å². The molecular weight excluding hydrogens is 320 g/mol. The normalized spacial score (nSPS) is 24.6. The second-order valence-electron chi connectivity index (χ2n) is 6.91. The van der Waals surface area contributed by atoms with Gasteiger partial charge in [-0.25, -0.2) is 4.98 Å². The minimum absolute atomic E-state index is 0.201. The molecule has 2 aromatic heterocycles. The van der Waals surface area contributed by atoms with E-state index in [1.54, 1.807) is 17.5 Å². The van der Waals surface area contributed by atoms with Crippen molar-refractivity contribution in [3.05, 3.63) is 41.7 Å². The number of nitrogens with zero attached hydrogens (tertiary/aromatic N) is 4. The number of carbonyl (C=O) groups excluding carboxylic acids is 1. The van der Waals surface area contributed by atoms with Gasteiger partial charge in [-0.15, -0.1) is 11.3 Å². The Hall–Kier alpha value is -1.95. The lowest BCUT2D eigenvalue weighted by molar-refractivity contribution is -0.138. The van der Waals surface area contributed by atoms with Crippen molar-refractivity contribution >= 4 is 22.4 Å². The first-order valence-corrected chi connectivity index (χ1v) is 9.44. The monoisotopic (exact) mass is 342 g/mol. The maximum atomic E-state index is 12.4. The van der Waals surface area contributed by atoms with Gasteiger partial charge in [-0.05, 0) is 31.4 Å². The van der Waals surface area contributed by atoms with Crippen LogP contribution in [-0.4, -0.2) is 40.4 Å². The molecule has 1 spiro atoms. The summed E-state index contributed by atoms with van der Waals surface area (Å²) in [6.45, 7) is 3.54. The Bertz CT molecular complexity index is 690. The average Bonchev–Trinajstić information content (AvgIpc) is 3.14. The number of piperidine rings is 2. The minimum atomic E-state index is 0.201. The van der Waals surface area contributed by atoms with Gasteiger partial charge < -0.3 is 9.80 Å². The molecule has 0 aliphatic carbocycles. The fourth-order valence-electron chi connectivity index (χ4n) is 4.01. The van der Waals surface area contributed by atoms with Crippen molar-refractivity contribution in [1.82, 2.24) is 14.9 Å². The summed E-state index contributed by atoms with van der Waals surface area (Å²) in [5, 5.41) is 3.15. The van der Waals surface area contributed by atoms with E-state index < -0.39 is 0 Å². The summed E-state index contributed by atoms with van der Waals surface area (Å²) in [4.78, 5) is 25.7. The fourth-order valence-corrected chi connectivity index (χ4v) is 4.68.